The number of nitrogens with zero attached hydrogens (tertiary/aromatic N) is 1. The summed E-state index contributed by atoms with van der Waals surface area (Å²) in [7, 11) is 0. The van der Waals surface area contributed by atoms with Gasteiger partial charge in [-0.2, -0.15) is 0 Å². The zero-order valence-electron chi connectivity index (χ0n) is 11.6. The van der Waals surface area contributed by atoms with E-state index in [0.717, 1.165) is 19.5 Å². The number of nitrogens with one attached hydrogen (secondary N) is 1. The van der Waals surface area contributed by atoms with E-state index in [-0.39, 0.29) is 5.91 Å². The van der Waals surface area contributed by atoms with Gasteiger partial charge in [0.15, 0.2) is 0 Å². The zero-order valence-corrected chi connectivity index (χ0v) is 15.4. The molecular formula is C15H14BrIN2O2. The number of carbonyl (C=O) groups excluding carboxylic acids is 1. The maximum absolute atomic E-state index is 12.2. The molecule has 2 rings (SSSR count). The Balaban J connectivity index is 2.16. The number of hydrogen-bond donors (Lipinski definition) is 1. The molecule has 0 spiro atoms. The van der Waals surface area contributed by atoms with Crippen molar-refractivity contribution in [3.05, 3.63) is 49.6 Å². The fraction of sp³-hybridized carbons (Fsp3) is 0.200. The highest BCUT2D eigenvalue weighted by atomic mass is 127. The van der Waals surface area contributed by atoms with Crippen LogP contribution in [-0.4, -0.2) is 17.5 Å². The van der Waals surface area contributed by atoms with Gasteiger partial charge in [-0.3, -0.25) is 4.79 Å². The highest BCUT2D eigenvalue weighted by Crippen LogP contribution is 2.26. The van der Waals surface area contributed by atoms with Crippen LogP contribution in [0.3, 0.4) is 0 Å². The summed E-state index contributed by atoms with van der Waals surface area (Å²) in [4.78, 5) is 16.5. The van der Waals surface area contributed by atoms with E-state index in [9.17, 15) is 4.79 Å². The number of benzene rings is 1. The van der Waals surface area contributed by atoms with Gasteiger partial charge in [0.05, 0.1) is 16.8 Å². The van der Waals surface area contributed by atoms with Crippen molar-refractivity contribution in [1.82, 2.24) is 4.98 Å². The van der Waals surface area contributed by atoms with Crippen LogP contribution in [0.5, 0.6) is 5.75 Å². The Labute approximate surface area is 145 Å². The van der Waals surface area contributed by atoms with Crippen LogP contribution in [0.4, 0.5) is 5.82 Å². The quantitative estimate of drug-likeness (QED) is 0.687. The number of carbonyl (C=O) groups is 1. The molecule has 0 aliphatic heterocycles. The predicted octanol–water partition coefficient (Wildman–Crippen LogP) is 4.41. The molecule has 1 aromatic carbocycles. The van der Waals surface area contributed by atoms with Crippen LogP contribution in [-0.2, 0) is 0 Å². The smallest absolute Gasteiger partial charge is 0.256 e. The van der Waals surface area contributed by atoms with Crippen molar-refractivity contribution in [1.29, 1.82) is 0 Å². The number of ether oxygens (including phenoxy) is 1. The predicted molar refractivity (Wildman–Crippen MR) is 95.0 cm³/mol. The summed E-state index contributed by atoms with van der Waals surface area (Å²) in [5.41, 5.74) is 1.43. The van der Waals surface area contributed by atoms with Crippen LogP contribution >= 0.6 is 38.5 Å². The average molecular weight is 461 g/mol. The monoisotopic (exact) mass is 460 g/mol. The van der Waals surface area contributed by atoms with E-state index in [4.69, 9.17) is 4.74 Å². The molecule has 0 atom stereocenters. The Kier molecular flexibility index (Phi) is 5.58. The molecule has 1 aromatic heterocycles. The third-order valence-corrected chi connectivity index (χ3v) is 4.52. The summed E-state index contributed by atoms with van der Waals surface area (Å²) >= 11 is 5.61. The minimum absolute atomic E-state index is 0.202. The van der Waals surface area contributed by atoms with E-state index in [1.165, 1.54) is 0 Å². The number of anilines is 1. The lowest BCUT2D eigenvalue weighted by molar-refractivity contribution is 0.102. The highest BCUT2D eigenvalue weighted by Gasteiger charge is 2.10. The summed E-state index contributed by atoms with van der Waals surface area (Å²) in [6, 6.07) is 8.95. The molecule has 0 unspecified atom stereocenters. The lowest BCUT2D eigenvalue weighted by Gasteiger charge is -2.09. The molecule has 4 nitrogen and oxygen atoms in total. The fourth-order valence-corrected chi connectivity index (χ4v) is 2.51. The number of hydrogen-bond acceptors (Lipinski definition) is 3. The van der Waals surface area contributed by atoms with Gasteiger partial charge in [0.2, 0.25) is 0 Å². The van der Waals surface area contributed by atoms with Crippen molar-refractivity contribution in [3.63, 3.8) is 0 Å². The van der Waals surface area contributed by atoms with E-state index in [1.807, 2.05) is 19.9 Å². The summed E-state index contributed by atoms with van der Waals surface area (Å²) in [6.07, 6.45) is 0. The highest BCUT2D eigenvalue weighted by molar-refractivity contribution is 14.1. The number of aromatic nitrogens is 1. The normalized spacial score (nSPS) is 10.3. The van der Waals surface area contributed by atoms with Gasteiger partial charge in [0.1, 0.15) is 11.6 Å². The number of aryl methyl sites for hydroxylation is 1. The molecule has 0 fully saturated rings. The number of rotatable bonds is 4. The molecule has 0 aliphatic rings. The van der Waals surface area contributed by atoms with E-state index < -0.39 is 0 Å². The van der Waals surface area contributed by atoms with Crippen LogP contribution in [0.2, 0.25) is 0 Å². The first-order valence-corrected chi connectivity index (χ1v) is 8.25. The van der Waals surface area contributed by atoms with Gasteiger partial charge in [0.25, 0.3) is 5.91 Å². The molecule has 0 aliphatic carbocycles. The molecule has 110 valence electrons. The number of pyridine rings is 1. The summed E-state index contributed by atoms with van der Waals surface area (Å²) < 4.78 is 7.24. The zero-order chi connectivity index (χ0) is 15.4. The molecule has 21 heavy (non-hydrogen) atoms. The Morgan fingerprint density at radius 1 is 1.38 bits per heavy atom. The van der Waals surface area contributed by atoms with Crippen LogP contribution in [0.25, 0.3) is 0 Å². The van der Waals surface area contributed by atoms with Crippen molar-refractivity contribution in [3.8, 4) is 5.75 Å². The van der Waals surface area contributed by atoms with Gasteiger partial charge in [-0.05, 0) is 82.7 Å². The minimum atomic E-state index is -0.202. The maximum Gasteiger partial charge on any atom is 0.256 e. The molecule has 0 saturated carbocycles. The van der Waals surface area contributed by atoms with Crippen molar-refractivity contribution in [2.24, 2.45) is 0 Å². The van der Waals surface area contributed by atoms with Crippen molar-refractivity contribution < 1.29 is 9.53 Å². The molecule has 6 heteroatoms. The third kappa shape index (κ3) is 4.16. The van der Waals surface area contributed by atoms with Gasteiger partial charge in [-0.15, -0.1) is 0 Å². The Hall–Kier alpha value is -1.15. The number of amides is 1. The molecule has 1 N–H and O–H groups in total. The van der Waals surface area contributed by atoms with Crippen LogP contribution in [0, 0.1) is 10.5 Å². The van der Waals surface area contributed by atoms with E-state index in [2.05, 4.69) is 48.8 Å². The Morgan fingerprint density at radius 3 is 2.76 bits per heavy atom. The van der Waals surface area contributed by atoms with Gasteiger partial charge in [-0.25, -0.2) is 4.98 Å². The first-order valence-electron chi connectivity index (χ1n) is 6.38. The van der Waals surface area contributed by atoms with Crippen LogP contribution in [0.1, 0.15) is 23.0 Å². The largest absolute Gasteiger partial charge is 0.493 e. The second kappa shape index (κ2) is 7.22. The second-order valence-electron chi connectivity index (χ2n) is 4.30. The van der Waals surface area contributed by atoms with Crippen LogP contribution in [0.15, 0.2) is 34.8 Å². The van der Waals surface area contributed by atoms with Gasteiger partial charge in [0, 0.05) is 9.13 Å². The molecule has 1 amide bonds. The topological polar surface area (TPSA) is 51.2 Å². The van der Waals surface area contributed by atoms with E-state index >= 15 is 0 Å². The molecule has 2 aromatic rings. The van der Waals surface area contributed by atoms with Gasteiger partial charge in [-0.1, -0.05) is 0 Å². The SMILES string of the molecule is CCOc1ccc(C(=O)Nc2ccc(I)c(C)n2)cc1Br. The fourth-order valence-electron chi connectivity index (χ4n) is 1.72. The van der Waals surface area contributed by atoms with E-state index in [0.29, 0.717) is 18.0 Å². The summed E-state index contributed by atoms with van der Waals surface area (Å²) in [5, 5.41) is 2.79. The molecular weight excluding hydrogens is 447 g/mol. The Morgan fingerprint density at radius 2 is 2.14 bits per heavy atom. The molecule has 0 bridgehead atoms. The van der Waals surface area contributed by atoms with Crippen molar-refractivity contribution in [2.75, 3.05) is 11.9 Å². The average Bonchev–Trinajstić information content (AvgIpc) is 2.45. The Bertz CT molecular complexity index is 677. The van der Waals surface area contributed by atoms with Crippen molar-refractivity contribution in [2.45, 2.75) is 13.8 Å². The van der Waals surface area contributed by atoms with Crippen molar-refractivity contribution >= 4 is 50.2 Å². The second-order valence-corrected chi connectivity index (χ2v) is 6.31. The summed E-state index contributed by atoms with van der Waals surface area (Å²) in [5.74, 6) is 1.06. The lowest BCUT2D eigenvalue weighted by Crippen LogP contribution is -2.13. The molecule has 0 saturated heterocycles. The lowest BCUT2D eigenvalue weighted by atomic mass is 10.2. The first-order chi connectivity index (χ1) is 10.0. The third-order valence-electron chi connectivity index (χ3n) is 2.76. The van der Waals surface area contributed by atoms with E-state index in [1.54, 1.807) is 24.3 Å². The maximum atomic E-state index is 12.2. The summed E-state index contributed by atoms with van der Waals surface area (Å²) in [6.45, 7) is 4.40. The molecule has 1 heterocycles. The standard InChI is InChI=1S/C15H14BrIN2O2/c1-3-21-13-6-4-10(8-11(13)16)15(20)19-14-7-5-12(17)9(2)18-14/h4-8H,3H2,1-2H3,(H,18,19,20). The van der Waals surface area contributed by atoms with Crippen LogP contribution < -0.4 is 10.1 Å². The molecule has 0 radical (unpaired) electrons. The first kappa shape index (κ1) is 16.2. The van der Waals surface area contributed by atoms with Gasteiger partial charge < -0.3 is 10.1 Å². The number of halogens is 2. The minimum Gasteiger partial charge on any atom is -0.493 e. The van der Waals surface area contributed by atoms with Gasteiger partial charge >= 0.3 is 0 Å².